The summed E-state index contributed by atoms with van der Waals surface area (Å²) in [5, 5.41) is 0.168. The van der Waals surface area contributed by atoms with Gasteiger partial charge in [0.15, 0.2) is 0 Å². The zero-order valence-electron chi connectivity index (χ0n) is 18.9. The Morgan fingerprint density at radius 3 is 2.30 bits per heavy atom. The molecular weight excluding hydrogens is 446 g/mol. The standard InChI is InChI=1S/C22H25N5O5S/c1-14-5-6-15(2)18(11-14)33(31,32)27-9-7-26(8-10-27)20(28)16-12-17-19(23-13-16)24(3)22(30)25(4)21(17)29/h5-6,11-13H,7-10H2,1-4H3. The molecule has 3 aromatic rings. The summed E-state index contributed by atoms with van der Waals surface area (Å²) < 4.78 is 29.9. The number of hydrogen-bond donors (Lipinski definition) is 0. The maximum atomic E-state index is 13.1. The second kappa shape index (κ2) is 8.23. The van der Waals surface area contributed by atoms with E-state index in [1.807, 2.05) is 13.0 Å². The summed E-state index contributed by atoms with van der Waals surface area (Å²) in [6.45, 7) is 4.37. The van der Waals surface area contributed by atoms with E-state index in [-0.39, 0.29) is 53.6 Å². The van der Waals surface area contributed by atoms with Crippen LogP contribution in [0.4, 0.5) is 0 Å². The quantitative estimate of drug-likeness (QED) is 0.546. The molecule has 0 saturated carbocycles. The van der Waals surface area contributed by atoms with Gasteiger partial charge in [-0.25, -0.2) is 18.2 Å². The van der Waals surface area contributed by atoms with Crippen LogP contribution >= 0.6 is 0 Å². The lowest BCUT2D eigenvalue weighted by molar-refractivity contribution is 0.0697. The largest absolute Gasteiger partial charge is 0.336 e. The van der Waals surface area contributed by atoms with Gasteiger partial charge in [0.05, 0.1) is 15.8 Å². The maximum absolute atomic E-state index is 13.1. The summed E-state index contributed by atoms with van der Waals surface area (Å²) >= 11 is 0. The lowest BCUT2D eigenvalue weighted by atomic mass is 10.2. The normalized spacial score (nSPS) is 15.2. The van der Waals surface area contributed by atoms with Crippen LogP contribution in [0.15, 0.2) is 44.9 Å². The van der Waals surface area contributed by atoms with Gasteiger partial charge >= 0.3 is 5.69 Å². The van der Waals surface area contributed by atoms with Crippen molar-refractivity contribution < 1.29 is 13.2 Å². The van der Waals surface area contributed by atoms with Crippen LogP contribution in [0.3, 0.4) is 0 Å². The van der Waals surface area contributed by atoms with Crippen LogP contribution in [0, 0.1) is 13.8 Å². The van der Waals surface area contributed by atoms with E-state index in [9.17, 15) is 22.8 Å². The van der Waals surface area contributed by atoms with Crippen LogP contribution in [-0.2, 0) is 24.1 Å². The number of sulfonamides is 1. The molecule has 0 aliphatic carbocycles. The summed E-state index contributed by atoms with van der Waals surface area (Å²) in [5.74, 6) is -0.343. The van der Waals surface area contributed by atoms with Crippen molar-refractivity contribution in [3.05, 3.63) is 68.0 Å². The van der Waals surface area contributed by atoms with Crippen molar-refractivity contribution in [1.29, 1.82) is 0 Å². The molecule has 1 aromatic carbocycles. The fourth-order valence-corrected chi connectivity index (χ4v) is 5.75. The third kappa shape index (κ3) is 3.87. The Labute approximate surface area is 190 Å². The minimum absolute atomic E-state index is 0.165. The molecule has 0 bridgehead atoms. The second-order valence-electron chi connectivity index (χ2n) is 8.27. The summed E-state index contributed by atoms with van der Waals surface area (Å²) in [4.78, 5) is 43.6. The monoisotopic (exact) mass is 471 g/mol. The van der Waals surface area contributed by atoms with Gasteiger partial charge in [0.25, 0.3) is 11.5 Å². The molecule has 2 aromatic heterocycles. The molecule has 1 aliphatic rings. The molecule has 1 aliphatic heterocycles. The molecule has 4 rings (SSSR count). The predicted octanol–water partition coefficient (Wildman–Crippen LogP) is 0.396. The first-order chi connectivity index (χ1) is 15.5. The van der Waals surface area contributed by atoms with Gasteiger partial charge in [-0.3, -0.25) is 18.7 Å². The number of benzene rings is 1. The van der Waals surface area contributed by atoms with Gasteiger partial charge < -0.3 is 4.90 Å². The molecule has 174 valence electrons. The fourth-order valence-electron chi connectivity index (χ4n) is 4.02. The van der Waals surface area contributed by atoms with Crippen molar-refractivity contribution in [3.8, 4) is 0 Å². The summed E-state index contributed by atoms with van der Waals surface area (Å²) in [5.41, 5.74) is 0.922. The van der Waals surface area contributed by atoms with Crippen molar-refractivity contribution in [2.45, 2.75) is 18.7 Å². The Kier molecular flexibility index (Phi) is 5.71. The van der Waals surface area contributed by atoms with Gasteiger partial charge in [-0.15, -0.1) is 0 Å². The molecule has 0 N–H and O–H groups in total. The highest BCUT2D eigenvalue weighted by Gasteiger charge is 2.31. The highest BCUT2D eigenvalue weighted by atomic mass is 32.2. The number of carbonyl (C=O) groups excluding carboxylic acids is 1. The molecule has 1 fully saturated rings. The van der Waals surface area contributed by atoms with Crippen LogP contribution in [0.5, 0.6) is 0 Å². The average molecular weight is 472 g/mol. The van der Waals surface area contributed by atoms with Crippen molar-refractivity contribution in [3.63, 3.8) is 0 Å². The molecule has 0 spiro atoms. The number of amides is 1. The van der Waals surface area contributed by atoms with Gasteiger partial charge in [0.1, 0.15) is 5.65 Å². The third-order valence-electron chi connectivity index (χ3n) is 6.03. The number of hydrogen-bond acceptors (Lipinski definition) is 6. The zero-order valence-corrected chi connectivity index (χ0v) is 19.7. The van der Waals surface area contributed by atoms with E-state index in [4.69, 9.17) is 0 Å². The Morgan fingerprint density at radius 2 is 1.64 bits per heavy atom. The molecule has 1 amide bonds. The molecular formula is C22H25N5O5S. The minimum atomic E-state index is -3.67. The van der Waals surface area contributed by atoms with E-state index in [1.165, 1.54) is 35.2 Å². The zero-order chi connectivity index (χ0) is 24.1. The molecule has 0 atom stereocenters. The van der Waals surface area contributed by atoms with Crippen LogP contribution in [0.25, 0.3) is 11.0 Å². The predicted molar refractivity (Wildman–Crippen MR) is 123 cm³/mol. The highest BCUT2D eigenvalue weighted by Crippen LogP contribution is 2.23. The van der Waals surface area contributed by atoms with Crippen molar-refractivity contribution in [2.75, 3.05) is 26.2 Å². The molecule has 0 unspecified atom stereocenters. The number of aryl methyl sites for hydroxylation is 3. The van der Waals surface area contributed by atoms with Crippen molar-refractivity contribution >= 4 is 27.0 Å². The van der Waals surface area contributed by atoms with Gasteiger partial charge in [0.2, 0.25) is 10.0 Å². The number of fused-ring (bicyclic) bond motifs is 1. The van der Waals surface area contributed by atoms with E-state index in [1.54, 1.807) is 24.0 Å². The third-order valence-corrected chi connectivity index (χ3v) is 8.07. The SMILES string of the molecule is Cc1ccc(C)c(S(=O)(=O)N2CCN(C(=O)c3cnc4c(c3)c(=O)n(C)c(=O)n4C)CC2)c1. The average Bonchev–Trinajstić information content (AvgIpc) is 2.82. The van der Waals surface area contributed by atoms with E-state index in [2.05, 4.69) is 4.98 Å². The first kappa shape index (κ1) is 22.9. The van der Waals surface area contributed by atoms with Gasteiger partial charge in [-0.2, -0.15) is 4.31 Å². The topological polar surface area (TPSA) is 115 Å². The molecule has 10 nitrogen and oxygen atoms in total. The summed E-state index contributed by atoms with van der Waals surface area (Å²) in [7, 11) is -0.793. The first-order valence-electron chi connectivity index (χ1n) is 10.4. The Bertz CT molecular complexity index is 1500. The van der Waals surface area contributed by atoms with Crippen molar-refractivity contribution in [1.82, 2.24) is 23.3 Å². The van der Waals surface area contributed by atoms with Crippen LogP contribution in [-0.4, -0.2) is 63.8 Å². The fraction of sp³-hybridized carbons (Fsp3) is 0.364. The van der Waals surface area contributed by atoms with Gasteiger partial charge in [0, 0.05) is 46.5 Å². The number of piperazine rings is 1. The van der Waals surface area contributed by atoms with E-state index in [0.29, 0.717) is 5.56 Å². The molecule has 0 radical (unpaired) electrons. The summed E-state index contributed by atoms with van der Waals surface area (Å²) in [6.07, 6.45) is 1.34. The van der Waals surface area contributed by atoms with Crippen LogP contribution < -0.4 is 11.2 Å². The highest BCUT2D eigenvalue weighted by molar-refractivity contribution is 7.89. The summed E-state index contributed by atoms with van der Waals surface area (Å²) in [6, 6.07) is 6.75. The lowest BCUT2D eigenvalue weighted by Gasteiger charge is -2.34. The lowest BCUT2D eigenvalue weighted by Crippen LogP contribution is -2.50. The van der Waals surface area contributed by atoms with Gasteiger partial charge in [-0.1, -0.05) is 12.1 Å². The number of aromatic nitrogens is 3. The molecule has 1 saturated heterocycles. The number of carbonyl (C=O) groups is 1. The van der Waals surface area contributed by atoms with Crippen molar-refractivity contribution in [2.24, 2.45) is 14.1 Å². The Hall–Kier alpha value is -3.31. The Balaban J connectivity index is 1.56. The number of rotatable bonds is 3. The minimum Gasteiger partial charge on any atom is -0.336 e. The van der Waals surface area contributed by atoms with E-state index < -0.39 is 21.3 Å². The molecule has 11 heteroatoms. The van der Waals surface area contributed by atoms with Crippen LogP contribution in [0.1, 0.15) is 21.5 Å². The second-order valence-corrected chi connectivity index (χ2v) is 10.2. The maximum Gasteiger partial charge on any atom is 0.332 e. The number of nitrogens with zero attached hydrogens (tertiary/aromatic N) is 5. The number of pyridine rings is 1. The molecule has 3 heterocycles. The molecule has 33 heavy (non-hydrogen) atoms. The first-order valence-corrected chi connectivity index (χ1v) is 11.9. The van der Waals surface area contributed by atoms with E-state index >= 15 is 0 Å². The van der Waals surface area contributed by atoms with Crippen LogP contribution in [0.2, 0.25) is 0 Å². The van der Waals surface area contributed by atoms with Gasteiger partial charge in [-0.05, 0) is 37.1 Å². The Morgan fingerprint density at radius 1 is 0.970 bits per heavy atom. The van der Waals surface area contributed by atoms with E-state index in [0.717, 1.165) is 10.1 Å². The smallest absolute Gasteiger partial charge is 0.332 e.